The molecule has 2 aliphatic rings. The summed E-state index contributed by atoms with van der Waals surface area (Å²) in [5.74, 6) is 0.737. The van der Waals surface area contributed by atoms with E-state index in [2.05, 4.69) is 5.32 Å². The zero-order chi connectivity index (χ0) is 22.9. The molecule has 32 heavy (non-hydrogen) atoms. The average Bonchev–Trinajstić information content (AvgIpc) is 3.06. The molecule has 1 atom stereocenters. The number of amidine groups is 1. The largest absolute Gasteiger partial charge is 0.493 e. The van der Waals surface area contributed by atoms with Crippen LogP contribution in [0.15, 0.2) is 71.4 Å². The summed E-state index contributed by atoms with van der Waals surface area (Å²) in [6.45, 7) is 1.87. The highest BCUT2D eigenvalue weighted by Crippen LogP contribution is 2.33. The van der Waals surface area contributed by atoms with Crippen molar-refractivity contribution in [3.8, 4) is 11.5 Å². The predicted octanol–water partition coefficient (Wildman–Crippen LogP) is 3.74. The van der Waals surface area contributed by atoms with Gasteiger partial charge in [0.15, 0.2) is 11.5 Å². The van der Waals surface area contributed by atoms with E-state index in [1.165, 1.54) is 12.0 Å². The maximum atomic E-state index is 13.6. The molecule has 0 radical (unpaired) electrons. The topological polar surface area (TPSA) is 80.2 Å². The quantitative estimate of drug-likeness (QED) is 0.725. The third-order valence-corrected chi connectivity index (χ3v) is 5.71. The molecule has 4 rings (SSSR count). The second-order valence-corrected chi connectivity index (χ2v) is 7.87. The van der Waals surface area contributed by atoms with Gasteiger partial charge in [-0.15, -0.1) is 0 Å². The summed E-state index contributed by atoms with van der Waals surface area (Å²) in [5, 5.41) is 3.15. The first kappa shape index (κ1) is 21.6. The average molecular weight is 452 g/mol. The van der Waals surface area contributed by atoms with Crippen LogP contribution >= 0.6 is 11.6 Å². The first-order chi connectivity index (χ1) is 15.4. The molecule has 8 heteroatoms. The van der Waals surface area contributed by atoms with Crippen molar-refractivity contribution in [2.75, 3.05) is 14.2 Å². The van der Waals surface area contributed by atoms with Crippen molar-refractivity contribution in [2.24, 2.45) is 4.99 Å². The van der Waals surface area contributed by atoms with Crippen LogP contribution in [0.4, 0.5) is 0 Å². The molecule has 2 aromatic rings. The molecule has 1 N–H and O–H groups in total. The van der Waals surface area contributed by atoms with E-state index >= 15 is 0 Å². The molecule has 0 spiro atoms. The van der Waals surface area contributed by atoms with Crippen LogP contribution in [0.5, 0.6) is 11.5 Å². The maximum absolute atomic E-state index is 13.6. The first-order valence-corrected chi connectivity index (χ1v) is 10.3. The van der Waals surface area contributed by atoms with E-state index in [9.17, 15) is 9.59 Å². The number of hydrogen-bond donors (Lipinski definition) is 1. The fourth-order valence-electron chi connectivity index (χ4n) is 3.77. The Hall–Kier alpha value is -3.58. The number of nitrogens with zero attached hydrogens (tertiary/aromatic N) is 2. The maximum Gasteiger partial charge on any atom is 0.281 e. The molecule has 0 bridgehead atoms. The second-order valence-electron chi connectivity index (χ2n) is 7.46. The number of fused-ring (bicyclic) bond motifs is 1. The van der Waals surface area contributed by atoms with E-state index in [0.29, 0.717) is 17.3 Å². The van der Waals surface area contributed by atoms with Gasteiger partial charge in [0.2, 0.25) is 5.66 Å². The Morgan fingerprint density at radius 1 is 1.16 bits per heavy atom. The van der Waals surface area contributed by atoms with Crippen LogP contribution in [0.3, 0.4) is 0 Å². The van der Waals surface area contributed by atoms with Gasteiger partial charge < -0.3 is 14.8 Å². The van der Waals surface area contributed by atoms with E-state index in [0.717, 1.165) is 11.1 Å². The van der Waals surface area contributed by atoms with Gasteiger partial charge in [0.05, 0.1) is 24.8 Å². The molecule has 0 aromatic heterocycles. The van der Waals surface area contributed by atoms with Crippen LogP contribution in [0.2, 0.25) is 5.02 Å². The Bertz CT molecular complexity index is 1190. The number of allylic oxidation sites excluding steroid dienone is 2. The molecular formula is C24H22ClN3O4. The Kier molecular flexibility index (Phi) is 5.76. The monoisotopic (exact) mass is 451 g/mol. The van der Waals surface area contributed by atoms with Gasteiger partial charge in [0.25, 0.3) is 11.8 Å². The summed E-state index contributed by atoms with van der Waals surface area (Å²) in [7, 11) is 3.09. The summed E-state index contributed by atoms with van der Waals surface area (Å²) >= 11 is 6.22. The lowest BCUT2D eigenvalue weighted by molar-refractivity contribution is -0.130. The number of ether oxygens (including phenoxy) is 2. The van der Waals surface area contributed by atoms with E-state index in [1.54, 1.807) is 55.8 Å². The van der Waals surface area contributed by atoms with Gasteiger partial charge in [-0.25, -0.2) is 4.99 Å². The molecular weight excluding hydrogens is 430 g/mol. The third-order valence-electron chi connectivity index (χ3n) is 5.38. The number of rotatable bonds is 6. The van der Waals surface area contributed by atoms with Crippen molar-refractivity contribution in [1.82, 2.24) is 10.2 Å². The lowest BCUT2D eigenvalue weighted by Crippen LogP contribution is -2.55. The molecule has 2 aliphatic heterocycles. The molecule has 0 saturated carbocycles. The van der Waals surface area contributed by atoms with E-state index in [1.807, 2.05) is 19.1 Å². The Morgan fingerprint density at radius 2 is 1.91 bits per heavy atom. The predicted molar refractivity (Wildman–Crippen MR) is 122 cm³/mol. The summed E-state index contributed by atoms with van der Waals surface area (Å²) in [5.41, 5.74) is 0.281. The lowest BCUT2D eigenvalue weighted by Gasteiger charge is -2.27. The standard InChI is InChI=1S/C24H22ClN3O4/c1-15-7-6-12-28-21(15)26-24(23(28)30,27-22(29)17-8-4-5-9-18(17)25)14-16-10-11-19(31-2)20(13-16)32-3/h4-13H,14H2,1-3H3,(H,27,29)/t24-/m1/s1. The molecule has 2 amide bonds. The third kappa shape index (κ3) is 3.76. The number of carbonyl (C=O) groups is 2. The molecule has 164 valence electrons. The molecule has 0 aliphatic carbocycles. The van der Waals surface area contributed by atoms with Crippen LogP contribution in [0.1, 0.15) is 22.8 Å². The fourth-order valence-corrected chi connectivity index (χ4v) is 3.99. The number of methoxy groups -OCH3 is 2. The van der Waals surface area contributed by atoms with E-state index in [-0.39, 0.29) is 22.9 Å². The van der Waals surface area contributed by atoms with Gasteiger partial charge in [-0.3, -0.25) is 14.5 Å². The summed E-state index contributed by atoms with van der Waals surface area (Å²) in [6.07, 6.45) is 5.40. The number of nitrogens with one attached hydrogen (secondary N) is 1. The van der Waals surface area contributed by atoms with Crippen molar-refractivity contribution in [1.29, 1.82) is 0 Å². The summed E-state index contributed by atoms with van der Waals surface area (Å²) in [4.78, 5) is 32.9. The zero-order valence-electron chi connectivity index (χ0n) is 17.9. The molecule has 2 aromatic carbocycles. The Labute approximate surface area is 191 Å². The minimum absolute atomic E-state index is 0.115. The first-order valence-electron chi connectivity index (χ1n) is 9.95. The van der Waals surface area contributed by atoms with E-state index in [4.69, 9.17) is 26.1 Å². The highest BCUT2D eigenvalue weighted by Gasteiger charge is 2.50. The van der Waals surface area contributed by atoms with E-state index < -0.39 is 11.6 Å². The van der Waals surface area contributed by atoms with Gasteiger partial charge in [-0.1, -0.05) is 35.9 Å². The molecule has 0 saturated heterocycles. The van der Waals surface area contributed by atoms with Crippen molar-refractivity contribution >= 4 is 29.3 Å². The second kappa shape index (κ2) is 8.51. The van der Waals surface area contributed by atoms with Crippen LogP contribution in [-0.4, -0.2) is 42.4 Å². The highest BCUT2D eigenvalue weighted by molar-refractivity contribution is 6.34. The van der Waals surface area contributed by atoms with Gasteiger partial charge in [-0.2, -0.15) is 0 Å². The molecule has 7 nitrogen and oxygen atoms in total. The Morgan fingerprint density at radius 3 is 2.59 bits per heavy atom. The Balaban J connectivity index is 1.77. The lowest BCUT2D eigenvalue weighted by atomic mass is 9.98. The normalized spacial score (nSPS) is 19.2. The molecule has 0 fully saturated rings. The van der Waals surface area contributed by atoms with Crippen molar-refractivity contribution in [3.05, 3.63) is 82.5 Å². The SMILES string of the molecule is COc1ccc(C[C@]2(NC(=O)c3ccccc3Cl)N=C3C(C)=CC=CN3C2=O)cc1OC. The minimum atomic E-state index is -1.55. The number of carbonyl (C=O) groups excluding carboxylic acids is 2. The van der Waals surface area contributed by atoms with Crippen molar-refractivity contribution < 1.29 is 19.1 Å². The number of hydrogen-bond acceptors (Lipinski definition) is 5. The smallest absolute Gasteiger partial charge is 0.281 e. The van der Waals surface area contributed by atoms with Crippen molar-refractivity contribution in [3.63, 3.8) is 0 Å². The van der Waals surface area contributed by atoms with Crippen molar-refractivity contribution in [2.45, 2.75) is 19.0 Å². The number of aliphatic imine (C=N–C) groups is 1. The molecule has 2 heterocycles. The van der Waals surface area contributed by atoms with Gasteiger partial charge >= 0.3 is 0 Å². The number of benzene rings is 2. The number of halogens is 1. The summed E-state index contributed by atoms with van der Waals surface area (Å²) < 4.78 is 10.7. The molecule has 0 unspecified atom stereocenters. The number of amides is 2. The van der Waals surface area contributed by atoms with Crippen LogP contribution in [0, 0.1) is 0 Å². The van der Waals surface area contributed by atoms with Gasteiger partial charge in [0.1, 0.15) is 5.84 Å². The van der Waals surface area contributed by atoms with Crippen LogP contribution < -0.4 is 14.8 Å². The zero-order valence-corrected chi connectivity index (χ0v) is 18.6. The highest BCUT2D eigenvalue weighted by atomic mass is 35.5. The van der Waals surface area contributed by atoms with Gasteiger partial charge in [0, 0.05) is 12.6 Å². The van der Waals surface area contributed by atoms with Crippen LogP contribution in [0.25, 0.3) is 0 Å². The van der Waals surface area contributed by atoms with Crippen LogP contribution in [-0.2, 0) is 11.2 Å². The minimum Gasteiger partial charge on any atom is -0.493 e. The fraction of sp³-hybridized carbons (Fsp3) is 0.208. The summed E-state index contributed by atoms with van der Waals surface area (Å²) in [6, 6.07) is 12.0. The van der Waals surface area contributed by atoms with Gasteiger partial charge in [-0.05, 0) is 48.4 Å².